The molecule has 0 spiro atoms. The number of benzene rings is 1. The van der Waals surface area contributed by atoms with Gasteiger partial charge < -0.3 is 15.0 Å². The van der Waals surface area contributed by atoms with Gasteiger partial charge in [-0.25, -0.2) is 4.39 Å². The van der Waals surface area contributed by atoms with E-state index in [0.29, 0.717) is 16.6 Å². The third-order valence-corrected chi connectivity index (χ3v) is 4.91. The maximum absolute atomic E-state index is 14.2. The molecular formula is C15H18ClFN2OS. The van der Waals surface area contributed by atoms with Crippen LogP contribution in [0.15, 0.2) is 12.1 Å². The summed E-state index contributed by atoms with van der Waals surface area (Å²) >= 11 is 11.5. The summed E-state index contributed by atoms with van der Waals surface area (Å²) < 4.78 is 20.3. The van der Waals surface area contributed by atoms with E-state index in [9.17, 15) is 4.39 Å². The van der Waals surface area contributed by atoms with E-state index in [1.807, 2.05) is 11.8 Å². The molecule has 0 amide bonds. The van der Waals surface area contributed by atoms with Crippen LogP contribution in [0, 0.1) is 5.82 Å². The molecule has 1 N–H and O–H groups in total. The van der Waals surface area contributed by atoms with Crippen molar-refractivity contribution >= 4 is 28.9 Å². The molecule has 3 rings (SSSR count). The summed E-state index contributed by atoms with van der Waals surface area (Å²) in [5.41, 5.74) is 0.105. The molecule has 114 valence electrons. The highest BCUT2D eigenvalue weighted by Gasteiger charge is 2.49. The zero-order valence-electron chi connectivity index (χ0n) is 12.2. The zero-order valence-corrected chi connectivity index (χ0v) is 13.8. The molecule has 21 heavy (non-hydrogen) atoms. The first-order valence-electron chi connectivity index (χ1n) is 7.13. The van der Waals surface area contributed by atoms with Gasteiger partial charge in [0.2, 0.25) is 0 Å². The van der Waals surface area contributed by atoms with Crippen molar-refractivity contribution in [1.29, 1.82) is 0 Å². The zero-order chi connectivity index (χ0) is 15.4. The Morgan fingerprint density at radius 1 is 1.62 bits per heavy atom. The summed E-state index contributed by atoms with van der Waals surface area (Å²) in [5, 5.41) is 4.32. The van der Waals surface area contributed by atoms with Gasteiger partial charge in [-0.05, 0) is 44.6 Å². The fourth-order valence-electron chi connectivity index (χ4n) is 3.26. The van der Waals surface area contributed by atoms with Gasteiger partial charge >= 0.3 is 0 Å². The van der Waals surface area contributed by atoms with Gasteiger partial charge in [-0.15, -0.1) is 0 Å². The van der Waals surface area contributed by atoms with E-state index >= 15 is 0 Å². The lowest BCUT2D eigenvalue weighted by atomic mass is 9.89. The molecule has 1 aromatic carbocycles. The summed E-state index contributed by atoms with van der Waals surface area (Å²) in [6.07, 6.45) is 1.63. The van der Waals surface area contributed by atoms with Crippen molar-refractivity contribution in [3.05, 3.63) is 28.5 Å². The molecule has 6 heteroatoms. The van der Waals surface area contributed by atoms with Gasteiger partial charge in [0.1, 0.15) is 0 Å². The van der Waals surface area contributed by atoms with Crippen molar-refractivity contribution in [2.45, 2.75) is 51.4 Å². The molecule has 1 fully saturated rings. The Morgan fingerprint density at radius 2 is 2.33 bits per heavy atom. The predicted octanol–water partition coefficient (Wildman–Crippen LogP) is 4.01. The van der Waals surface area contributed by atoms with Gasteiger partial charge in [0.25, 0.3) is 0 Å². The topological polar surface area (TPSA) is 24.5 Å². The molecule has 3 unspecified atom stereocenters. The van der Waals surface area contributed by atoms with Gasteiger partial charge in [0, 0.05) is 23.0 Å². The molecule has 0 radical (unpaired) electrons. The number of rotatable bonds is 2. The van der Waals surface area contributed by atoms with Crippen LogP contribution in [0.3, 0.4) is 0 Å². The van der Waals surface area contributed by atoms with Crippen molar-refractivity contribution in [2.75, 3.05) is 0 Å². The minimum absolute atomic E-state index is 0.0697. The highest BCUT2D eigenvalue weighted by Crippen LogP contribution is 2.46. The van der Waals surface area contributed by atoms with Crippen molar-refractivity contribution in [3.63, 3.8) is 0 Å². The van der Waals surface area contributed by atoms with Crippen molar-refractivity contribution in [1.82, 2.24) is 10.2 Å². The van der Waals surface area contributed by atoms with Crippen LogP contribution in [-0.2, 0) is 0 Å². The summed E-state index contributed by atoms with van der Waals surface area (Å²) in [5.74, 6) is -0.145. The number of nitrogens with zero attached hydrogens (tertiary/aromatic N) is 1. The lowest BCUT2D eigenvalue weighted by Crippen LogP contribution is -2.66. The van der Waals surface area contributed by atoms with Crippen LogP contribution in [-0.4, -0.2) is 21.8 Å². The summed E-state index contributed by atoms with van der Waals surface area (Å²) in [7, 11) is 0. The van der Waals surface area contributed by atoms with E-state index in [1.165, 1.54) is 6.07 Å². The third-order valence-electron chi connectivity index (χ3n) is 4.38. The number of thiocarbonyl (C=S) groups is 1. The molecule has 0 aliphatic carbocycles. The lowest BCUT2D eigenvalue weighted by molar-refractivity contribution is -0.0863. The van der Waals surface area contributed by atoms with E-state index in [0.717, 1.165) is 12.0 Å². The van der Waals surface area contributed by atoms with E-state index in [-0.39, 0.29) is 17.8 Å². The first kappa shape index (κ1) is 14.9. The van der Waals surface area contributed by atoms with Crippen molar-refractivity contribution < 1.29 is 9.13 Å². The average molecular weight is 329 g/mol. The van der Waals surface area contributed by atoms with E-state index in [1.54, 1.807) is 6.07 Å². The van der Waals surface area contributed by atoms with Crippen LogP contribution in [0.25, 0.3) is 0 Å². The molecule has 1 saturated heterocycles. The number of fused-ring (bicyclic) bond motifs is 4. The number of nitrogens with one attached hydrogen (secondary N) is 1. The first-order chi connectivity index (χ1) is 9.85. The smallest absolute Gasteiger partial charge is 0.184 e. The second kappa shape index (κ2) is 4.99. The van der Waals surface area contributed by atoms with Gasteiger partial charge in [-0.1, -0.05) is 18.5 Å². The van der Waals surface area contributed by atoms with Gasteiger partial charge in [-0.3, -0.25) is 0 Å². The Labute approximate surface area is 134 Å². The number of hydrogen-bond acceptors (Lipinski definition) is 2. The quantitative estimate of drug-likeness (QED) is 0.829. The Morgan fingerprint density at radius 3 is 3.00 bits per heavy atom. The normalized spacial score (nSPS) is 28.5. The Kier molecular flexibility index (Phi) is 3.53. The molecule has 2 aliphatic heterocycles. The van der Waals surface area contributed by atoms with Crippen LogP contribution >= 0.6 is 23.8 Å². The van der Waals surface area contributed by atoms with Crippen molar-refractivity contribution in [2.24, 2.45) is 0 Å². The monoisotopic (exact) mass is 328 g/mol. The molecule has 2 bridgehead atoms. The van der Waals surface area contributed by atoms with Crippen LogP contribution in [0.5, 0.6) is 5.75 Å². The molecule has 2 aliphatic rings. The standard InChI is InChI=1S/C15H18ClFN2OS/c1-4-8(2)19-14(21)18-12-7-15(19,3)20-13-10(12)5-9(16)6-11(13)17/h5-6,8,12H,4,7H2,1-3H3,(H,18,21). The van der Waals surface area contributed by atoms with Crippen molar-refractivity contribution in [3.8, 4) is 5.75 Å². The van der Waals surface area contributed by atoms with E-state index < -0.39 is 11.5 Å². The van der Waals surface area contributed by atoms with Crippen LogP contribution in [0.4, 0.5) is 4.39 Å². The number of ether oxygens (including phenoxy) is 1. The second-order valence-corrected chi connectivity index (χ2v) is 6.74. The molecular weight excluding hydrogens is 311 g/mol. The number of halogens is 2. The largest absolute Gasteiger partial charge is 0.465 e. The van der Waals surface area contributed by atoms with Crippen LogP contribution in [0.1, 0.15) is 45.2 Å². The average Bonchev–Trinajstić information content (AvgIpc) is 2.39. The second-order valence-electron chi connectivity index (χ2n) is 5.92. The Balaban J connectivity index is 2.09. The molecule has 3 atom stereocenters. The summed E-state index contributed by atoms with van der Waals surface area (Å²) in [6, 6.07) is 3.18. The third kappa shape index (κ3) is 2.27. The van der Waals surface area contributed by atoms with Gasteiger partial charge in [0.05, 0.1) is 6.04 Å². The Hall–Kier alpha value is -1.07. The predicted molar refractivity (Wildman–Crippen MR) is 85.1 cm³/mol. The first-order valence-corrected chi connectivity index (χ1v) is 7.92. The van der Waals surface area contributed by atoms with Crippen LogP contribution in [0.2, 0.25) is 5.02 Å². The molecule has 0 saturated carbocycles. The van der Waals surface area contributed by atoms with E-state index in [4.69, 9.17) is 28.6 Å². The maximum atomic E-state index is 14.2. The Bertz CT molecular complexity index is 612. The summed E-state index contributed by atoms with van der Waals surface area (Å²) in [6.45, 7) is 6.16. The minimum atomic E-state index is -0.635. The SMILES string of the molecule is CCC(C)N1C(=S)NC2CC1(C)Oc1c(F)cc(Cl)cc12. The van der Waals surface area contributed by atoms with Gasteiger partial charge in [0.15, 0.2) is 22.4 Å². The fraction of sp³-hybridized carbons (Fsp3) is 0.533. The summed E-state index contributed by atoms with van der Waals surface area (Å²) in [4.78, 5) is 2.04. The highest BCUT2D eigenvalue weighted by atomic mass is 35.5. The lowest BCUT2D eigenvalue weighted by Gasteiger charge is -2.54. The van der Waals surface area contributed by atoms with E-state index in [2.05, 4.69) is 19.2 Å². The molecule has 0 aromatic heterocycles. The molecule has 2 heterocycles. The molecule has 3 nitrogen and oxygen atoms in total. The van der Waals surface area contributed by atoms with Crippen LogP contribution < -0.4 is 10.1 Å². The maximum Gasteiger partial charge on any atom is 0.184 e. The fourth-order valence-corrected chi connectivity index (χ4v) is 3.98. The minimum Gasteiger partial charge on any atom is -0.465 e. The highest BCUT2D eigenvalue weighted by molar-refractivity contribution is 7.80. The molecule has 1 aromatic rings. The number of hydrogen-bond donors (Lipinski definition) is 1. The van der Waals surface area contributed by atoms with Gasteiger partial charge in [-0.2, -0.15) is 0 Å².